The fraction of sp³-hybridized carbons (Fsp3) is 0.438. The van der Waals surface area contributed by atoms with Crippen LogP contribution in [0.5, 0.6) is 0 Å². The van der Waals surface area contributed by atoms with Gasteiger partial charge in [-0.3, -0.25) is 0 Å². The number of nitrogens with one attached hydrogen (secondary N) is 1. The SMILES string of the molecule is COCCC(C)NC(C)c1ccc(-n2ccnc2)cc1. The fourth-order valence-corrected chi connectivity index (χ4v) is 2.25. The van der Waals surface area contributed by atoms with Crippen LogP contribution in [0.4, 0.5) is 0 Å². The molecule has 0 amide bonds. The maximum Gasteiger partial charge on any atom is 0.0991 e. The van der Waals surface area contributed by atoms with Crippen LogP contribution in [0, 0.1) is 0 Å². The van der Waals surface area contributed by atoms with Gasteiger partial charge in [0.1, 0.15) is 0 Å². The standard InChI is InChI=1S/C16H23N3O/c1-13(8-11-20-3)18-14(2)15-4-6-16(7-5-15)19-10-9-17-12-19/h4-7,9-10,12-14,18H,8,11H2,1-3H3. The van der Waals surface area contributed by atoms with Gasteiger partial charge in [-0.05, 0) is 38.0 Å². The normalized spacial score (nSPS) is 14.2. The number of benzene rings is 1. The molecule has 0 aliphatic rings. The molecule has 0 bridgehead atoms. The van der Waals surface area contributed by atoms with Gasteiger partial charge < -0.3 is 14.6 Å². The zero-order chi connectivity index (χ0) is 14.4. The molecule has 1 heterocycles. The minimum Gasteiger partial charge on any atom is -0.385 e. The van der Waals surface area contributed by atoms with E-state index in [1.807, 2.05) is 17.1 Å². The van der Waals surface area contributed by atoms with Crippen molar-refractivity contribution in [3.05, 3.63) is 48.5 Å². The molecule has 108 valence electrons. The first kappa shape index (κ1) is 14.8. The van der Waals surface area contributed by atoms with Gasteiger partial charge in [0.2, 0.25) is 0 Å². The van der Waals surface area contributed by atoms with Gasteiger partial charge in [-0.1, -0.05) is 12.1 Å². The zero-order valence-electron chi connectivity index (χ0n) is 12.4. The summed E-state index contributed by atoms with van der Waals surface area (Å²) in [5, 5.41) is 3.59. The van der Waals surface area contributed by atoms with E-state index in [0.717, 1.165) is 18.7 Å². The van der Waals surface area contributed by atoms with Crippen LogP contribution in [0.25, 0.3) is 5.69 Å². The molecule has 0 saturated carbocycles. The lowest BCUT2D eigenvalue weighted by atomic mass is 10.1. The molecule has 1 aromatic heterocycles. The molecule has 2 rings (SSSR count). The predicted octanol–water partition coefficient (Wildman–Crippen LogP) is 2.95. The van der Waals surface area contributed by atoms with Crippen molar-refractivity contribution in [3.8, 4) is 5.69 Å². The van der Waals surface area contributed by atoms with Crippen molar-refractivity contribution in [2.45, 2.75) is 32.4 Å². The highest BCUT2D eigenvalue weighted by atomic mass is 16.5. The van der Waals surface area contributed by atoms with Crippen molar-refractivity contribution < 1.29 is 4.74 Å². The highest BCUT2D eigenvalue weighted by Gasteiger charge is 2.09. The Hall–Kier alpha value is -1.65. The first-order chi connectivity index (χ1) is 9.70. The quantitative estimate of drug-likeness (QED) is 0.843. The molecular formula is C16H23N3O. The van der Waals surface area contributed by atoms with Gasteiger partial charge in [0.25, 0.3) is 0 Å². The van der Waals surface area contributed by atoms with E-state index >= 15 is 0 Å². The van der Waals surface area contributed by atoms with Crippen molar-refractivity contribution in [3.63, 3.8) is 0 Å². The maximum atomic E-state index is 5.11. The summed E-state index contributed by atoms with van der Waals surface area (Å²) in [4.78, 5) is 4.06. The van der Waals surface area contributed by atoms with Gasteiger partial charge in [0.05, 0.1) is 6.33 Å². The summed E-state index contributed by atoms with van der Waals surface area (Å²) in [5.41, 5.74) is 2.42. The van der Waals surface area contributed by atoms with Gasteiger partial charge in [-0.2, -0.15) is 0 Å². The van der Waals surface area contributed by atoms with Crippen molar-refractivity contribution >= 4 is 0 Å². The number of rotatable bonds is 7. The van der Waals surface area contributed by atoms with Crippen LogP contribution in [-0.2, 0) is 4.74 Å². The number of methoxy groups -OCH3 is 1. The van der Waals surface area contributed by atoms with E-state index in [1.54, 1.807) is 13.3 Å². The van der Waals surface area contributed by atoms with Crippen LogP contribution in [0.15, 0.2) is 43.0 Å². The van der Waals surface area contributed by atoms with Gasteiger partial charge >= 0.3 is 0 Å². The van der Waals surface area contributed by atoms with E-state index in [9.17, 15) is 0 Å². The molecule has 1 N–H and O–H groups in total. The minimum absolute atomic E-state index is 0.332. The fourth-order valence-electron chi connectivity index (χ4n) is 2.25. The average molecular weight is 273 g/mol. The highest BCUT2D eigenvalue weighted by Crippen LogP contribution is 2.16. The van der Waals surface area contributed by atoms with E-state index in [4.69, 9.17) is 4.74 Å². The van der Waals surface area contributed by atoms with Crippen LogP contribution < -0.4 is 5.32 Å². The molecule has 2 aromatic rings. The van der Waals surface area contributed by atoms with Crippen LogP contribution in [0.2, 0.25) is 0 Å². The van der Waals surface area contributed by atoms with Gasteiger partial charge in [0.15, 0.2) is 0 Å². The third-order valence-electron chi connectivity index (χ3n) is 3.49. The zero-order valence-corrected chi connectivity index (χ0v) is 12.4. The second-order valence-corrected chi connectivity index (χ2v) is 5.13. The number of nitrogens with zero attached hydrogens (tertiary/aromatic N) is 2. The molecule has 0 aliphatic heterocycles. The third-order valence-corrected chi connectivity index (χ3v) is 3.49. The molecule has 2 atom stereocenters. The monoisotopic (exact) mass is 273 g/mol. The summed E-state index contributed by atoms with van der Waals surface area (Å²) < 4.78 is 7.11. The van der Waals surface area contributed by atoms with Gasteiger partial charge in [-0.25, -0.2) is 4.98 Å². The van der Waals surface area contributed by atoms with E-state index in [-0.39, 0.29) is 0 Å². The lowest BCUT2D eigenvalue weighted by molar-refractivity contribution is 0.183. The van der Waals surface area contributed by atoms with E-state index in [1.165, 1.54) is 5.56 Å². The molecule has 0 fully saturated rings. The molecule has 0 radical (unpaired) electrons. The topological polar surface area (TPSA) is 39.1 Å². The number of hydrogen-bond acceptors (Lipinski definition) is 3. The Kier molecular flexibility index (Phi) is 5.32. The van der Waals surface area contributed by atoms with Crippen molar-refractivity contribution in [2.24, 2.45) is 0 Å². The summed E-state index contributed by atoms with van der Waals surface area (Å²) in [6.45, 7) is 5.17. The molecule has 1 aromatic carbocycles. The number of ether oxygens (including phenoxy) is 1. The molecule has 0 aliphatic carbocycles. The third kappa shape index (κ3) is 3.92. The summed E-state index contributed by atoms with van der Waals surface area (Å²) in [7, 11) is 1.74. The maximum absolute atomic E-state index is 5.11. The molecule has 0 saturated heterocycles. The first-order valence-electron chi connectivity index (χ1n) is 7.04. The molecule has 2 unspecified atom stereocenters. The van der Waals surface area contributed by atoms with Crippen molar-refractivity contribution in [1.82, 2.24) is 14.9 Å². The Labute approximate surface area is 120 Å². The summed E-state index contributed by atoms with van der Waals surface area (Å²) >= 11 is 0. The molecule has 4 heteroatoms. The number of imidazole rings is 1. The molecule has 4 nitrogen and oxygen atoms in total. The van der Waals surface area contributed by atoms with Gasteiger partial charge in [-0.15, -0.1) is 0 Å². The lowest BCUT2D eigenvalue weighted by Gasteiger charge is -2.20. The van der Waals surface area contributed by atoms with Crippen molar-refractivity contribution in [1.29, 1.82) is 0 Å². The minimum atomic E-state index is 0.332. The molecular weight excluding hydrogens is 250 g/mol. The summed E-state index contributed by atoms with van der Waals surface area (Å²) in [5.74, 6) is 0. The average Bonchev–Trinajstić information content (AvgIpc) is 2.99. The lowest BCUT2D eigenvalue weighted by Crippen LogP contribution is -2.29. The van der Waals surface area contributed by atoms with E-state index < -0.39 is 0 Å². The Morgan fingerprint density at radius 3 is 2.60 bits per heavy atom. The predicted molar refractivity (Wildman–Crippen MR) is 81.1 cm³/mol. The summed E-state index contributed by atoms with van der Waals surface area (Å²) in [6, 6.07) is 9.34. The van der Waals surface area contributed by atoms with Crippen LogP contribution >= 0.6 is 0 Å². The van der Waals surface area contributed by atoms with E-state index in [2.05, 4.69) is 48.4 Å². The molecule has 0 spiro atoms. The largest absolute Gasteiger partial charge is 0.385 e. The Bertz CT molecular complexity index is 493. The highest BCUT2D eigenvalue weighted by molar-refractivity contribution is 5.35. The Morgan fingerprint density at radius 1 is 1.25 bits per heavy atom. The molecule has 20 heavy (non-hydrogen) atoms. The second kappa shape index (κ2) is 7.22. The second-order valence-electron chi connectivity index (χ2n) is 5.13. The van der Waals surface area contributed by atoms with Crippen LogP contribution in [-0.4, -0.2) is 29.3 Å². The first-order valence-corrected chi connectivity index (χ1v) is 7.04. The van der Waals surface area contributed by atoms with Crippen molar-refractivity contribution in [2.75, 3.05) is 13.7 Å². The Balaban J connectivity index is 1.95. The summed E-state index contributed by atoms with van der Waals surface area (Å²) in [6.07, 6.45) is 6.57. The smallest absolute Gasteiger partial charge is 0.0991 e. The van der Waals surface area contributed by atoms with Crippen LogP contribution in [0.1, 0.15) is 31.9 Å². The van der Waals surface area contributed by atoms with E-state index in [0.29, 0.717) is 12.1 Å². The van der Waals surface area contributed by atoms with Gasteiger partial charge in [0, 0.05) is 43.9 Å². The number of hydrogen-bond donors (Lipinski definition) is 1. The Morgan fingerprint density at radius 2 is 2.00 bits per heavy atom. The van der Waals surface area contributed by atoms with Crippen LogP contribution in [0.3, 0.4) is 0 Å². The number of aromatic nitrogens is 2.